The lowest BCUT2D eigenvalue weighted by molar-refractivity contribution is 1.04. The number of benzene rings is 1. The first-order valence-corrected chi connectivity index (χ1v) is 6.33. The molecule has 1 heterocycles. The van der Waals surface area contributed by atoms with Crippen LogP contribution in [0.4, 0.5) is 0 Å². The largest absolute Gasteiger partial charge is 0.346 e. The quantitative estimate of drug-likeness (QED) is 0.829. The molecular weight excluding hydrogens is 228 g/mol. The molecule has 0 saturated heterocycles. The highest BCUT2D eigenvalue weighted by molar-refractivity contribution is 7.71. The third kappa shape index (κ3) is 2.44. The van der Waals surface area contributed by atoms with Crippen molar-refractivity contribution in [1.82, 2.24) is 9.97 Å². The zero-order valence-corrected chi connectivity index (χ0v) is 11.0. The zero-order valence-electron chi connectivity index (χ0n) is 10.2. The van der Waals surface area contributed by atoms with Crippen LogP contribution in [0.2, 0.25) is 0 Å². The highest BCUT2D eigenvalue weighted by atomic mass is 32.1. The number of hydrogen-bond acceptors (Lipinski definition) is 2. The van der Waals surface area contributed by atoms with Crippen LogP contribution in [0.1, 0.15) is 25.0 Å². The molecule has 0 saturated carbocycles. The monoisotopic (exact) mass is 244 g/mol. The maximum atomic E-state index is 5.26. The molecule has 0 amide bonds. The van der Waals surface area contributed by atoms with Gasteiger partial charge in [-0.15, -0.1) is 0 Å². The zero-order chi connectivity index (χ0) is 12.3. The molecule has 0 aliphatic rings. The van der Waals surface area contributed by atoms with E-state index in [1.807, 2.05) is 0 Å². The van der Waals surface area contributed by atoms with Crippen molar-refractivity contribution >= 4 is 12.2 Å². The van der Waals surface area contributed by atoms with Crippen LogP contribution in [0.5, 0.6) is 0 Å². The van der Waals surface area contributed by atoms with Gasteiger partial charge in [0.15, 0.2) is 0 Å². The van der Waals surface area contributed by atoms with E-state index in [0.717, 1.165) is 24.1 Å². The lowest BCUT2D eigenvalue weighted by atomic mass is 10.0. The Hall–Kier alpha value is -1.48. The van der Waals surface area contributed by atoms with Gasteiger partial charge in [0.05, 0.1) is 12.0 Å². The van der Waals surface area contributed by atoms with Crippen LogP contribution >= 0.6 is 12.2 Å². The number of aryl methyl sites for hydroxylation is 1. The highest BCUT2D eigenvalue weighted by Crippen LogP contribution is 2.22. The normalized spacial score (nSPS) is 10.5. The van der Waals surface area contributed by atoms with Crippen LogP contribution in [0.15, 0.2) is 30.6 Å². The fourth-order valence-electron chi connectivity index (χ4n) is 1.92. The molecule has 0 aliphatic carbocycles. The molecule has 17 heavy (non-hydrogen) atoms. The lowest BCUT2D eigenvalue weighted by Gasteiger charge is -2.08. The maximum absolute atomic E-state index is 5.26. The third-order valence-electron chi connectivity index (χ3n) is 2.96. The maximum Gasteiger partial charge on any atom is 0.133 e. The van der Waals surface area contributed by atoms with Gasteiger partial charge >= 0.3 is 0 Å². The molecule has 0 fully saturated rings. The van der Waals surface area contributed by atoms with Gasteiger partial charge in [-0.05, 0) is 24.0 Å². The standard InChI is InChI=1S/C14H16N2S/c1-3-10-5-7-11(8-6-10)13-12(4-2)14(17)16-9-15-13/h5-9H,3-4H2,1-2H3,(H,15,16,17). The van der Waals surface area contributed by atoms with Crippen LogP contribution in [0.25, 0.3) is 11.3 Å². The van der Waals surface area contributed by atoms with E-state index < -0.39 is 0 Å². The lowest BCUT2D eigenvalue weighted by Crippen LogP contribution is -1.95. The van der Waals surface area contributed by atoms with Gasteiger partial charge in [-0.25, -0.2) is 4.98 Å². The van der Waals surface area contributed by atoms with Gasteiger partial charge in [0.1, 0.15) is 4.64 Å². The summed E-state index contributed by atoms with van der Waals surface area (Å²) >= 11 is 5.26. The van der Waals surface area contributed by atoms with Crippen LogP contribution < -0.4 is 0 Å². The molecule has 0 unspecified atom stereocenters. The van der Waals surface area contributed by atoms with E-state index >= 15 is 0 Å². The summed E-state index contributed by atoms with van der Waals surface area (Å²) in [5, 5.41) is 0. The van der Waals surface area contributed by atoms with E-state index in [9.17, 15) is 0 Å². The van der Waals surface area contributed by atoms with E-state index in [0.29, 0.717) is 4.64 Å². The molecule has 0 aliphatic heterocycles. The van der Waals surface area contributed by atoms with Crippen molar-refractivity contribution < 1.29 is 0 Å². The summed E-state index contributed by atoms with van der Waals surface area (Å²) in [5.74, 6) is 0. The van der Waals surface area contributed by atoms with E-state index in [1.54, 1.807) is 6.33 Å². The molecule has 0 atom stereocenters. The molecule has 2 rings (SSSR count). The van der Waals surface area contributed by atoms with Crippen LogP contribution in [0, 0.1) is 4.64 Å². The average Bonchev–Trinajstić information content (AvgIpc) is 2.38. The van der Waals surface area contributed by atoms with Crippen LogP contribution in [-0.2, 0) is 12.8 Å². The molecule has 0 spiro atoms. The van der Waals surface area contributed by atoms with Crippen molar-refractivity contribution in [1.29, 1.82) is 0 Å². The molecule has 1 aromatic heterocycles. The van der Waals surface area contributed by atoms with Crippen molar-refractivity contribution in [2.45, 2.75) is 26.7 Å². The van der Waals surface area contributed by atoms with Crippen molar-refractivity contribution in [2.24, 2.45) is 0 Å². The van der Waals surface area contributed by atoms with Crippen molar-refractivity contribution in [3.8, 4) is 11.3 Å². The van der Waals surface area contributed by atoms with Gasteiger partial charge in [0, 0.05) is 5.56 Å². The summed E-state index contributed by atoms with van der Waals surface area (Å²) in [4.78, 5) is 7.33. The van der Waals surface area contributed by atoms with Gasteiger partial charge in [-0.2, -0.15) is 0 Å². The first-order chi connectivity index (χ1) is 8.26. The van der Waals surface area contributed by atoms with Crippen molar-refractivity contribution in [3.05, 3.63) is 46.4 Å². The second kappa shape index (κ2) is 5.23. The molecule has 88 valence electrons. The summed E-state index contributed by atoms with van der Waals surface area (Å²) in [7, 11) is 0. The van der Waals surface area contributed by atoms with E-state index in [2.05, 4.69) is 48.1 Å². The number of hydrogen-bond donors (Lipinski definition) is 1. The Kier molecular flexibility index (Phi) is 3.69. The molecule has 0 radical (unpaired) electrons. The molecule has 0 bridgehead atoms. The minimum Gasteiger partial charge on any atom is -0.346 e. The predicted octanol–water partition coefficient (Wildman–Crippen LogP) is 3.93. The Labute approximate surface area is 107 Å². The first kappa shape index (κ1) is 12.0. The Morgan fingerprint density at radius 3 is 2.41 bits per heavy atom. The van der Waals surface area contributed by atoms with Crippen molar-refractivity contribution in [2.75, 3.05) is 0 Å². The molecule has 1 N–H and O–H groups in total. The Morgan fingerprint density at radius 1 is 1.12 bits per heavy atom. The Bertz CT molecular complexity index is 555. The molecule has 3 heteroatoms. The SMILES string of the molecule is CCc1ccc(-c2[nH]cnc(=S)c2CC)cc1. The third-order valence-corrected chi connectivity index (χ3v) is 3.31. The second-order valence-electron chi connectivity index (χ2n) is 3.97. The summed E-state index contributed by atoms with van der Waals surface area (Å²) < 4.78 is 0.695. The van der Waals surface area contributed by atoms with E-state index in [1.165, 1.54) is 11.1 Å². The topological polar surface area (TPSA) is 28.7 Å². The summed E-state index contributed by atoms with van der Waals surface area (Å²) in [5.41, 5.74) is 4.73. The molecule has 1 aromatic carbocycles. The molecular formula is C14H16N2S. The number of aromatic nitrogens is 2. The van der Waals surface area contributed by atoms with Gasteiger partial charge in [-0.3, -0.25) is 0 Å². The van der Waals surface area contributed by atoms with E-state index in [4.69, 9.17) is 12.2 Å². The fourth-order valence-corrected chi connectivity index (χ4v) is 2.22. The van der Waals surface area contributed by atoms with Gasteiger partial charge < -0.3 is 4.98 Å². The Morgan fingerprint density at radius 2 is 1.82 bits per heavy atom. The van der Waals surface area contributed by atoms with Crippen molar-refractivity contribution in [3.63, 3.8) is 0 Å². The second-order valence-corrected chi connectivity index (χ2v) is 4.35. The van der Waals surface area contributed by atoms with E-state index in [-0.39, 0.29) is 0 Å². The number of nitrogens with one attached hydrogen (secondary N) is 1. The molecule has 2 aromatic rings. The highest BCUT2D eigenvalue weighted by Gasteiger charge is 2.06. The predicted molar refractivity (Wildman–Crippen MR) is 73.6 cm³/mol. The molecule has 2 nitrogen and oxygen atoms in total. The van der Waals surface area contributed by atoms with Gasteiger partial charge in [-0.1, -0.05) is 50.3 Å². The van der Waals surface area contributed by atoms with Gasteiger partial charge in [0.25, 0.3) is 0 Å². The summed E-state index contributed by atoms with van der Waals surface area (Å²) in [6.07, 6.45) is 3.63. The van der Waals surface area contributed by atoms with Crippen LogP contribution in [0.3, 0.4) is 0 Å². The number of nitrogens with zero attached hydrogens (tertiary/aromatic N) is 1. The van der Waals surface area contributed by atoms with Crippen LogP contribution in [-0.4, -0.2) is 9.97 Å². The smallest absolute Gasteiger partial charge is 0.133 e. The number of rotatable bonds is 3. The van der Waals surface area contributed by atoms with Gasteiger partial charge in [0.2, 0.25) is 0 Å². The summed E-state index contributed by atoms with van der Waals surface area (Å²) in [6, 6.07) is 8.59. The number of H-pyrrole nitrogens is 1. The minimum absolute atomic E-state index is 0.695. The minimum atomic E-state index is 0.695. The fraction of sp³-hybridized carbons (Fsp3) is 0.286. The Balaban J connectivity index is 2.52. The number of aromatic amines is 1. The summed E-state index contributed by atoms with van der Waals surface area (Å²) in [6.45, 7) is 4.26. The first-order valence-electron chi connectivity index (χ1n) is 5.92. The average molecular weight is 244 g/mol.